The van der Waals surface area contributed by atoms with Gasteiger partial charge in [0, 0.05) is 18.5 Å². The molecule has 0 bridgehead atoms. The minimum atomic E-state index is 0. The Balaban J connectivity index is 0.00000200. The molecule has 0 radical (unpaired) electrons. The first kappa shape index (κ1) is 17.3. The second kappa shape index (κ2) is 7.86. The van der Waals surface area contributed by atoms with Crippen LogP contribution >= 0.6 is 28.3 Å². The van der Waals surface area contributed by atoms with Gasteiger partial charge in [0.25, 0.3) is 0 Å². The van der Waals surface area contributed by atoms with Crippen LogP contribution in [-0.2, 0) is 11.3 Å². The number of carbonyl (C=O) groups excluding carboxylic acids is 1. The van der Waals surface area contributed by atoms with Crippen LogP contribution in [0.2, 0.25) is 0 Å². The molecule has 0 aliphatic carbocycles. The summed E-state index contributed by atoms with van der Waals surface area (Å²) in [6.45, 7) is 3.51. The first-order valence-corrected chi connectivity index (χ1v) is 7.34. The lowest BCUT2D eigenvalue weighted by molar-refractivity contribution is -0.126. The van der Waals surface area contributed by atoms with Crippen molar-refractivity contribution < 1.29 is 9.90 Å². The van der Waals surface area contributed by atoms with E-state index in [1.165, 1.54) is 0 Å². The van der Waals surface area contributed by atoms with Crippen molar-refractivity contribution in [3.63, 3.8) is 0 Å². The van der Waals surface area contributed by atoms with Gasteiger partial charge in [0.1, 0.15) is 5.75 Å². The second-order valence-corrected chi connectivity index (χ2v) is 5.93. The molecule has 112 valence electrons. The molecule has 1 saturated heterocycles. The van der Waals surface area contributed by atoms with Crippen molar-refractivity contribution in [2.24, 2.45) is 5.92 Å². The summed E-state index contributed by atoms with van der Waals surface area (Å²) < 4.78 is 0.648. The van der Waals surface area contributed by atoms with Gasteiger partial charge in [-0.2, -0.15) is 0 Å². The van der Waals surface area contributed by atoms with Crippen LogP contribution in [0.15, 0.2) is 22.7 Å². The standard InChI is InChI=1S/C14H19BrN2O2.ClH/c1-9-6-11(4-5-16-9)14(19)17-8-10-2-3-13(18)12(15)7-10;/h2-3,7,9,11,16,18H,4-6,8H2,1H3,(H,17,19);1H/t9-,11-;/m0./s1. The molecule has 1 aliphatic rings. The number of amides is 1. The van der Waals surface area contributed by atoms with E-state index in [0.29, 0.717) is 17.1 Å². The molecule has 1 aromatic rings. The Labute approximate surface area is 133 Å². The van der Waals surface area contributed by atoms with E-state index < -0.39 is 0 Å². The lowest BCUT2D eigenvalue weighted by Crippen LogP contribution is -2.42. The van der Waals surface area contributed by atoms with Crippen molar-refractivity contribution in [1.82, 2.24) is 10.6 Å². The molecule has 0 spiro atoms. The van der Waals surface area contributed by atoms with Crippen molar-refractivity contribution in [2.45, 2.75) is 32.4 Å². The first-order chi connectivity index (χ1) is 9.06. The van der Waals surface area contributed by atoms with Crippen LogP contribution in [0.3, 0.4) is 0 Å². The predicted octanol–water partition coefficient (Wildman–Crippen LogP) is 2.58. The number of hydrogen-bond donors (Lipinski definition) is 3. The summed E-state index contributed by atoms with van der Waals surface area (Å²) in [5.41, 5.74) is 0.972. The van der Waals surface area contributed by atoms with E-state index in [0.717, 1.165) is 24.9 Å². The van der Waals surface area contributed by atoms with Gasteiger partial charge in [-0.05, 0) is 59.9 Å². The van der Waals surface area contributed by atoms with Gasteiger partial charge >= 0.3 is 0 Å². The monoisotopic (exact) mass is 362 g/mol. The van der Waals surface area contributed by atoms with Crippen LogP contribution in [-0.4, -0.2) is 23.6 Å². The second-order valence-electron chi connectivity index (χ2n) is 5.08. The Morgan fingerprint density at radius 2 is 2.30 bits per heavy atom. The first-order valence-electron chi connectivity index (χ1n) is 6.54. The van der Waals surface area contributed by atoms with E-state index in [4.69, 9.17) is 0 Å². The fraction of sp³-hybridized carbons (Fsp3) is 0.500. The highest BCUT2D eigenvalue weighted by molar-refractivity contribution is 9.10. The number of nitrogens with one attached hydrogen (secondary N) is 2. The Bertz CT molecular complexity index is 470. The molecule has 4 nitrogen and oxygen atoms in total. The zero-order valence-electron chi connectivity index (χ0n) is 11.4. The smallest absolute Gasteiger partial charge is 0.223 e. The molecule has 0 aromatic heterocycles. The summed E-state index contributed by atoms with van der Waals surface area (Å²) in [6.07, 6.45) is 1.79. The van der Waals surface area contributed by atoms with E-state index in [1.54, 1.807) is 6.07 Å². The summed E-state index contributed by atoms with van der Waals surface area (Å²) in [7, 11) is 0. The molecule has 3 N–H and O–H groups in total. The highest BCUT2D eigenvalue weighted by atomic mass is 79.9. The molecular formula is C14H20BrClN2O2. The number of phenolic OH excluding ortho intramolecular Hbond substituents is 1. The lowest BCUT2D eigenvalue weighted by Gasteiger charge is -2.27. The van der Waals surface area contributed by atoms with E-state index >= 15 is 0 Å². The molecular weight excluding hydrogens is 344 g/mol. The predicted molar refractivity (Wildman–Crippen MR) is 85.1 cm³/mol. The quantitative estimate of drug-likeness (QED) is 0.773. The van der Waals surface area contributed by atoms with Crippen LogP contribution in [0.4, 0.5) is 0 Å². The van der Waals surface area contributed by atoms with Gasteiger partial charge in [0.05, 0.1) is 4.47 Å². The molecule has 1 heterocycles. The SMILES string of the molecule is C[C@H]1C[C@@H](C(=O)NCc2ccc(O)c(Br)c2)CCN1.Cl. The average molecular weight is 364 g/mol. The number of benzene rings is 1. The van der Waals surface area contributed by atoms with Crippen molar-refractivity contribution >= 4 is 34.2 Å². The maximum Gasteiger partial charge on any atom is 0.223 e. The number of hydrogen-bond acceptors (Lipinski definition) is 3. The van der Waals surface area contributed by atoms with Crippen molar-refractivity contribution in [1.29, 1.82) is 0 Å². The third kappa shape index (κ3) is 4.65. The van der Waals surface area contributed by atoms with Gasteiger partial charge < -0.3 is 15.7 Å². The maximum atomic E-state index is 12.1. The highest BCUT2D eigenvalue weighted by Gasteiger charge is 2.24. The number of aromatic hydroxyl groups is 1. The fourth-order valence-electron chi connectivity index (χ4n) is 2.36. The Morgan fingerprint density at radius 1 is 1.55 bits per heavy atom. The molecule has 6 heteroatoms. The molecule has 0 saturated carbocycles. The van der Waals surface area contributed by atoms with Gasteiger partial charge in [-0.25, -0.2) is 0 Å². The number of halogens is 2. The zero-order chi connectivity index (χ0) is 13.8. The van der Waals surface area contributed by atoms with Gasteiger partial charge in [-0.15, -0.1) is 12.4 Å². The van der Waals surface area contributed by atoms with Crippen LogP contribution < -0.4 is 10.6 Å². The highest BCUT2D eigenvalue weighted by Crippen LogP contribution is 2.24. The van der Waals surface area contributed by atoms with Gasteiger partial charge in [0.15, 0.2) is 0 Å². The third-order valence-electron chi connectivity index (χ3n) is 3.47. The van der Waals surface area contributed by atoms with Gasteiger partial charge in [0.2, 0.25) is 5.91 Å². The van der Waals surface area contributed by atoms with Gasteiger partial charge in [-0.1, -0.05) is 6.07 Å². The summed E-state index contributed by atoms with van der Waals surface area (Å²) in [6, 6.07) is 5.66. The van der Waals surface area contributed by atoms with Crippen molar-refractivity contribution in [3.8, 4) is 5.75 Å². The molecule has 1 amide bonds. The van der Waals surface area contributed by atoms with Crippen molar-refractivity contribution in [3.05, 3.63) is 28.2 Å². The Morgan fingerprint density at radius 3 is 2.95 bits per heavy atom. The van der Waals surface area contributed by atoms with Crippen molar-refractivity contribution in [2.75, 3.05) is 6.54 Å². The Kier molecular flexibility index (Phi) is 6.79. The minimum Gasteiger partial charge on any atom is -0.507 e. The van der Waals surface area contributed by atoms with Crippen LogP contribution in [0.1, 0.15) is 25.3 Å². The number of rotatable bonds is 3. The summed E-state index contributed by atoms with van der Waals surface area (Å²) >= 11 is 3.27. The molecule has 0 unspecified atom stereocenters. The van der Waals surface area contributed by atoms with E-state index in [2.05, 4.69) is 33.5 Å². The lowest BCUT2D eigenvalue weighted by atomic mass is 9.92. The minimum absolute atomic E-state index is 0. The van der Waals surface area contributed by atoms with Crippen LogP contribution in [0.25, 0.3) is 0 Å². The Hall–Kier alpha value is -0.780. The van der Waals surface area contributed by atoms with Crippen LogP contribution in [0.5, 0.6) is 5.75 Å². The number of phenols is 1. The number of carbonyl (C=O) groups is 1. The summed E-state index contributed by atoms with van der Waals surface area (Å²) in [5, 5.41) is 15.7. The molecule has 20 heavy (non-hydrogen) atoms. The fourth-order valence-corrected chi connectivity index (χ4v) is 2.79. The van der Waals surface area contributed by atoms with Gasteiger partial charge in [-0.3, -0.25) is 4.79 Å². The molecule has 1 fully saturated rings. The van der Waals surface area contributed by atoms with E-state index in [1.807, 2.05) is 12.1 Å². The largest absolute Gasteiger partial charge is 0.507 e. The van der Waals surface area contributed by atoms with Crippen LogP contribution in [0, 0.1) is 5.92 Å². The number of piperidine rings is 1. The summed E-state index contributed by atoms with van der Waals surface area (Å²) in [4.78, 5) is 12.1. The normalized spacial score (nSPS) is 21.9. The maximum absolute atomic E-state index is 12.1. The topological polar surface area (TPSA) is 61.4 Å². The molecule has 1 aromatic carbocycles. The molecule has 2 atom stereocenters. The summed E-state index contributed by atoms with van der Waals surface area (Å²) in [5.74, 6) is 0.441. The van der Waals surface area contributed by atoms with E-state index in [-0.39, 0.29) is 30.0 Å². The zero-order valence-corrected chi connectivity index (χ0v) is 13.8. The van der Waals surface area contributed by atoms with E-state index in [9.17, 15) is 9.90 Å². The molecule has 1 aliphatic heterocycles. The average Bonchev–Trinajstić information content (AvgIpc) is 2.40. The third-order valence-corrected chi connectivity index (χ3v) is 4.11. The molecule has 2 rings (SSSR count).